The van der Waals surface area contributed by atoms with Crippen LogP contribution in [0.15, 0.2) is 0 Å². The van der Waals surface area contributed by atoms with Crippen LogP contribution in [0.4, 0.5) is 70.2 Å². The van der Waals surface area contributed by atoms with E-state index in [0.717, 1.165) is 0 Å². The molecule has 1 unspecified atom stereocenters. The SMILES string of the molecule is O=C(O)C(F)C(F)(F)OC(F)(F)C(F)(F)OC(F)(F)OC(F)(F)OC(F)(F)OC(F)(F)F. The molecule has 0 radical (unpaired) electrons. The van der Waals surface area contributed by atoms with Gasteiger partial charge in [0.05, 0.1) is 0 Å². The predicted molar refractivity (Wildman–Crippen MR) is 53.7 cm³/mol. The van der Waals surface area contributed by atoms with E-state index in [2.05, 4.69) is 0 Å². The second-order valence-electron chi connectivity index (χ2n) is 4.64. The van der Waals surface area contributed by atoms with E-state index < -0.39 is 55.7 Å². The van der Waals surface area contributed by atoms with Gasteiger partial charge in [-0.3, -0.25) is 0 Å². The highest BCUT2D eigenvalue weighted by atomic mass is 19.4. The molecule has 0 aliphatic carbocycles. The Bertz CT molecular complexity index is 661. The van der Waals surface area contributed by atoms with E-state index >= 15 is 0 Å². The van der Waals surface area contributed by atoms with Crippen molar-refractivity contribution >= 4 is 5.97 Å². The Morgan fingerprint density at radius 3 is 1.22 bits per heavy atom. The van der Waals surface area contributed by atoms with E-state index in [4.69, 9.17) is 5.11 Å². The van der Waals surface area contributed by atoms with Crippen LogP contribution in [-0.2, 0) is 28.5 Å². The summed E-state index contributed by atoms with van der Waals surface area (Å²) in [5.41, 5.74) is 0. The van der Waals surface area contributed by atoms with Gasteiger partial charge in [-0.05, 0) is 0 Å². The van der Waals surface area contributed by atoms with Crippen molar-refractivity contribution in [1.29, 1.82) is 0 Å². The Morgan fingerprint density at radius 1 is 0.562 bits per heavy atom. The highest BCUT2D eigenvalue weighted by molar-refractivity contribution is 5.73. The van der Waals surface area contributed by atoms with Gasteiger partial charge in [0.2, 0.25) is 0 Å². The number of halogens is 16. The van der Waals surface area contributed by atoms with Gasteiger partial charge in [0, 0.05) is 0 Å². The fraction of sp³-hybridized carbons (Fsp3) is 0.889. The Balaban J connectivity index is 5.50. The third-order valence-electron chi connectivity index (χ3n) is 2.07. The minimum Gasteiger partial charge on any atom is -0.479 e. The molecule has 32 heavy (non-hydrogen) atoms. The minimum atomic E-state index is -7.26. The van der Waals surface area contributed by atoms with E-state index in [9.17, 15) is 75.0 Å². The predicted octanol–water partition coefficient (Wildman–Crippen LogP) is 4.44. The molecule has 23 heteroatoms. The van der Waals surface area contributed by atoms with Gasteiger partial charge in [-0.2, -0.15) is 31.1 Å². The van der Waals surface area contributed by atoms with Crippen molar-refractivity contribution in [3.05, 3.63) is 0 Å². The molecule has 0 spiro atoms. The number of carboxylic acid groups (broad SMARTS) is 1. The molecule has 1 N–H and O–H groups in total. The standard InChI is InChI=1S/C9H2F16O7/c10-1(2(26)27)3(11,12)28-4(13,14)5(15,16)29-7(20,21)31-9(24,25)32-8(22,23)30-6(17,18)19/h1H,(H,26,27). The summed E-state index contributed by atoms with van der Waals surface area (Å²) in [6, 6.07) is 0. The highest BCUT2D eigenvalue weighted by Gasteiger charge is 2.71. The summed E-state index contributed by atoms with van der Waals surface area (Å²) in [5, 5.41) is 7.82. The Labute approximate surface area is 161 Å². The lowest BCUT2D eigenvalue weighted by Crippen LogP contribution is -2.55. The van der Waals surface area contributed by atoms with Gasteiger partial charge < -0.3 is 5.11 Å². The largest absolute Gasteiger partial charge is 0.529 e. The number of ether oxygens (including phenoxy) is 5. The van der Waals surface area contributed by atoms with Crippen LogP contribution in [0.5, 0.6) is 0 Å². The smallest absolute Gasteiger partial charge is 0.479 e. The molecule has 0 amide bonds. The summed E-state index contributed by atoms with van der Waals surface area (Å²) in [5.74, 6) is -3.30. The Hall–Kier alpha value is -1.85. The van der Waals surface area contributed by atoms with Crippen LogP contribution in [0.25, 0.3) is 0 Å². The normalized spacial score (nSPS) is 16.2. The van der Waals surface area contributed by atoms with Crippen LogP contribution in [0.3, 0.4) is 0 Å². The maximum Gasteiger partial charge on any atom is 0.529 e. The molecule has 0 aliphatic heterocycles. The lowest BCUT2D eigenvalue weighted by atomic mass is 10.3. The Kier molecular flexibility index (Phi) is 8.32. The van der Waals surface area contributed by atoms with E-state index in [0.29, 0.717) is 0 Å². The number of rotatable bonds is 12. The first-order valence-corrected chi connectivity index (χ1v) is 6.35. The maximum atomic E-state index is 13.0. The molecule has 0 aromatic rings. The molecule has 0 rings (SSSR count). The molecule has 7 nitrogen and oxygen atoms in total. The topological polar surface area (TPSA) is 83.5 Å². The van der Waals surface area contributed by atoms with Crippen molar-refractivity contribution < 1.29 is 104 Å². The average molecular weight is 526 g/mol. The molecule has 0 heterocycles. The zero-order chi connectivity index (χ0) is 26.2. The molecule has 1 atom stereocenters. The number of hydrogen-bond donors (Lipinski definition) is 1. The first-order valence-electron chi connectivity index (χ1n) is 6.35. The van der Waals surface area contributed by atoms with Crippen molar-refractivity contribution in [1.82, 2.24) is 0 Å². The molecule has 0 saturated heterocycles. The van der Waals surface area contributed by atoms with Gasteiger partial charge in [-0.15, -0.1) is 39.5 Å². The van der Waals surface area contributed by atoms with Crippen molar-refractivity contribution in [2.24, 2.45) is 0 Å². The van der Waals surface area contributed by atoms with Crippen LogP contribution in [0, 0.1) is 0 Å². The van der Waals surface area contributed by atoms with E-state index in [1.54, 1.807) is 23.7 Å². The van der Waals surface area contributed by atoms with Gasteiger partial charge in [-0.25, -0.2) is 28.1 Å². The second kappa shape index (κ2) is 8.83. The number of carbonyl (C=O) groups is 1. The molecular weight excluding hydrogens is 524 g/mol. The lowest BCUT2D eigenvalue weighted by molar-refractivity contribution is -0.621. The quantitative estimate of drug-likeness (QED) is 0.298. The minimum absolute atomic E-state index is 1.57. The maximum absolute atomic E-state index is 13.0. The third-order valence-corrected chi connectivity index (χ3v) is 2.07. The van der Waals surface area contributed by atoms with Gasteiger partial charge in [0.25, 0.3) is 6.17 Å². The summed E-state index contributed by atoms with van der Waals surface area (Å²) < 4.78 is 208. The van der Waals surface area contributed by atoms with Crippen molar-refractivity contribution in [2.75, 3.05) is 0 Å². The fourth-order valence-corrected chi connectivity index (χ4v) is 1.11. The molecule has 0 aromatic heterocycles. The van der Waals surface area contributed by atoms with E-state index in [1.165, 1.54) is 0 Å². The first-order chi connectivity index (χ1) is 13.6. The van der Waals surface area contributed by atoms with Crippen LogP contribution in [-0.4, -0.2) is 60.8 Å². The lowest BCUT2D eigenvalue weighted by Gasteiger charge is -2.32. The zero-order valence-electron chi connectivity index (χ0n) is 13.5. The van der Waals surface area contributed by atoms with Crippen LogP contribution < -0.4 is 0 Å². The fourth-order valence-electron chi connectivity index (χ4n) is 1.11. The van der Waals surface area contributed by atoms with Crippen molar-refractivity contribution in [3.63, 3.8) is 0 Å². The first kappa shape index (κ1) is 30.1. The molecular formula is C9H2F16O7. The molecule has 0 bridgehead atoms. The zero-order valence-corrected chi connectivity index (χ0v) is 13.5. The summed E-state index contributed by atoms with van der Waals surface area (Å²) in [6.45, 7) is 0. The second-order valence-corrected chi connectivity index (χ2v) is 4.64. The molecule has 0 aliphatic rings. The molecule has 192 valence electrons. The third kappa shape index (κ3) is 9.33. The van der Waals surface area contributed by atoms with Crippen molar-refractivity contribution in [2.45, 2.75) is 49.7 Å². The molecule has 0 aromatic carbocycles. The van der Waals surface area contributed by atoms with Crippen LogP contribution in [0.1, 0.15) is 0 Å². The molecule has 0 fully saturated rings. The van der Waals surface area contributed by atoms with Crippen LogP contribution in [0.2, 0.25) is 0 Å². The summed E-state index contributed by atoms with van der Waals surface area (Å²) >= 11 is 0. The van der Waals surface area contributed by atoms with E-state index in [-0.39, 0.29) is 0 Å². The summed E-state index contributed by atoms with van der Waals surface area (Å²) in [4.78, 5) is 9.89. The summed E-state index contributed by atoms with van der Waals surface area (Å²) in [6.07, 6.45) is -52.5. The summed E-state index contributed by atoms with van der Waals surface area (Å²) in [7, 11) is 0. The highest BCUT2D eigenvalue weighted by Crippen LogP contribution is 2.46. The number of carboxylic acids is 1. The van der Waals surface area contributed by atoms with Gasteiger partial charge >= 0.3 is 49.5 Å². The number of aliphatic carboxylic acids is 1. The average Bonchev–Trinajstić information content (AvgIpc) is 2.37. The number of hydrogen-bond acceptors (Lipinski definition) is 6. The monoisotopic (exact) mass is 526 g/mol. The van der Waals surface area contributed by atoms with Crippen molar-refractivity contribution in [3.8, 4) is 0 Å². The van der Waals surface area contributed by atoms with Crippen LogP contribution >= 0.6 is 0 Å². The van der Waals surface area contributed by atoms with Gasteiger partial charge in [-0.1, -0.05) is 0 Å². The number of alkyl halides is 16. The van der Waals surface area contributed by atoms with E-state index in [1.807, 2.05) is 0 Å². The van der Waals surface area contributed by atoms with Gasteiger partial charge in [0.15, 0.2) is 0 Å². The Morgan fingerprint density at radius 2 is 0.875 bits per heavy atom. The van der Waals surface area contributed by atoms with Gasteiger partial charge in [0.1, 0.15) is 0 Å². The molecule has 0 saturated carbocycles.